The molecule has 31 heavy (non-hydrogen) atoms. The van der Waals surface area contributed by atoms with E-state index in [0.717, 1.165) is 24.2 Å². The van der Waals surface area contributed by atoms with E-state index < -0.39 is 0 Å². The lowest BCUT2D eigenvalue weighted by Gasteiger charge is -2.73. The second-order valence-electron chi connectivity index (χ2n) is 14.7. The van der Waals surface area contributed by atoms with Gasteiger partial charge >= 0.3 is 0 Å². The van der Waals surface area contributed by atoms with Crippen molar-refractivity contribution in [3.8, 4) is 0 Å². The van der Waals surface area contributed by atoms with Crippen LogP contribution >= 0.6 is 0 Å². The highest BCUT2D eigenvalue weighted by molar-refractivity contribution is 5.24. The van der Waals surface area contributed by atoms with Crippen LogP contribution in [0.25, 0.3) is 0 Å². The molecule has 0 aromatic heterocycles. The van der Waals surface area contributed by atoms with Gasteiger partial charge in [-0.15, -0.1) is 0 Å². The van der Waals surface area contributed by atoms with Crippen LogP contribution in [-0.2, 0) is 0 Å². The summed E-state index contributed by atoms with van der Waals surface area (Å²) in [6.07, 6.45) is 13.2. The Morgan fingerprint density at radius 3 is 2.16 bits per heavy atom. The van der Waals surface area contributed by atoms with E-state index in [2.05, 4.69) is 48.5 Å². The molecule has 0 amide bonds. The first-order valence-electron chi connectivity index (χ1n) is 13.7. The number of allylic oxidation sites excluding steroid dienone is 1. The van der Waals surface area contributed by atoms with Crippen LogP contribution in [0.4, 0.5) is 0 Å². The monoisotopic (exact) mass is 426 g/mol. The van der Waals surface area contributed by atoms with Gasteiger partial charge < -0.3 is 5.11 Å². The zero-order valence-corrected chi connectivity index (χ0v) is 21.7. The molecule has 0 heterocycles. The smallest absolute Gasteiger partial charge is 0.0594 e. The summed E-state index contributed by atoms with van der Waals surface area (Å²) in [6.45, 7) is 22.6. The molecule has 0 spiro atoms. The van der Waals surface area contributed by atoms with Gasteiger partial charge in [-0.1, -0.05) is 60.6 Å². The van der Waals surface area contributed by atoms with Crippen molar-refractivity contribution in [2.45, 2.75) is 119 Å². The molecule has 5 rings (SSSR count). The van der Waals surface area contributed by atoms with Crippen molar-refractivity contribution in [3.63, 3.8) is 0 Å². The van der Waals surface area contributed by atoms with Gasteiger partial charge in [0.1, 0.15) is 0 Å². The zero-order valence-electron chi connectivity index (χ0n) is 21.7. The summed E-state index contributed by atoms with van der Waals surface area (Å²) in [4.78, 5) is 0. The molecule has 10 atom stereocenters. The van der Waals surface area contributed by atoms with E-state index in [1.165, 1.54) is 57.8 Å². The second kappa shape index (κ2) is 6.64. The average Bonchev–Trinajstić information content (AvgIpc) is 2.69. The van der Waals surface area contributed by atoms with Crippen LogP contribution in [0.15, 0.2) is 12.2 Å². The highest BCUT2D eigenvalue weighted by atomic mass is 16.3. The normalized spacial score (nSPS) is 58.5. The number of rotatable bonds is 0. The van der Waals surface area contributed by atoms with Gasteiger partial charge in [0, 0.05) is 0 Å². The lowest BCUT2D eigenvalue weighted by molar-refractivity contribution is -0.246. The Hall–Kier alpha value is -0.300. The van der Waals surface area contributed by atoms with Crippen LogP contribution in [0.3, 0.4) is 0 Å². The van der Waals surface area contributed by atoms with Gasteiger partial charge in [-0.3, -0.25) is 0 Å². The van der Waals surface area contributed by atoms with Gasteiger partial charge in [0.05, 0.1) is 6.10 Å². The van der Waals surface area contributed by atoms with Crippen LogP contribution in [0.1, 0.15) is 113 Å². The van der Waals surface area contributed by atoms with Gasteiger partial charge in [0.15, 0.2) is 0 Å². The predicted octanol–water partition coefficient (Wildman–Crippen LogP) is 8.02. The molecule has 5 saturated carbocycles. The van der Waals surface area contributed by atoms with E-state index >= 15 is 0 Å². The van der Waals surface area contributed by atoms with E-state index in [9.17, 15) is 5.11 Å². The molecule has 176 valence electrons. The number of aliphatic hydroxyl groups is 1. The molecule has 1 heteroatoms. The standard InChI is InChI=1S/C30H50O/c1-19-11-14-27(5)17-18-29(7)21(25(27)20(19)2)9-10-23-28(6)15-13-24(31)26(3,4)22(28)12-16-30(23,29)8/h19,21-25,31H,2,9-18H2,1,3-8H3/t19-,21-,22+,23-,24+,25+,27-,28+,29-,30-/m1/s1. The van der Waals surface area contributed by atoms with Crippen LogP contribution in [0.5, 0.6) is 0 Å². The maximum Gasteiger partial charge on any atom is 0.0594 e. The van der Waals surface area contributed by atoms with Crippen molar-refractivity contribution in [2.75, 3.05) is 0 Å². The number of hydrogen-bond donors (Lipinski definition) is 1. The fourth-order valence-corrected chi connectivity index (χ4v) is 11.2. The molecule has 0 bridgehead atoms. The largest absolute Gasteiger partial charge is 0.393 e. The Balaban J connectivity index is 1.54. The van der Waals surface area contributed by atoms with E-state index in [1.807, 2.05) is 0 Å². The van der Waals surface area contributed by atoms with Crippen LogP contribution in [0.2, 0.25) is 0 Å². The summed E-state index contributed by atoms with van der Waals surface area (Å²) in [5.74, 6) is 3.75. The first kappa shape index (κ1) is 22.5. The van der Waals surface area contributed by atoms with Gasteiger partial charge in [-0.05, 0) is 121 Å². The number of fused-ring (bicyclic) bond motifs is 7. The van der Waals surface area contributed by atoms with Crippen LogP contribution in [-0.4, -0.2) is 11.2 Å². The summed E-state index contributed by atoms with van der Waals surface area (Å²) in [6, 6.07) is 0. The summed E-state index contributed by atoms with van der Waals surface area (Å²) in [5, 5.41) is 10.9. The minimum Gasteiger partial charge on any atom is -0.393 e. The average molecular weight is 427 g/mol. The van der Waals surface area contributed by atoms with Crippen molar-refractivity contribution in [1.29, 1.82) is 0 Å². The summed E-state index contributed by atoms with van der Waals surface area (Å²) in [5.41, 5.74) is 3.42. The van der Waals surface area contributed by atoms with Crippen molar-refractivity contribution in [1.82, 2.24) is 0 Å². The van der Waals surface area contributed by atoms with E-state index in [1.54, 1.807) is 5.57 Å². The Kier molecular flexibility index (Phi) is 4.82. The van der Waals surface area contributed by atoms with Gasteiger partial charge in [0.2, 0.25) is 0 Å². The first-order chi connectivity index (χ1) is 14.3. The Morgan fingerprint density at radius 1 is 0.742 bits per heavy atom. The molecule has 0 saturated heterocycles. The Bertz CT molecular complexity index is 766. The van der Waals surface area contributed by atoms with E-state index in [-0.39, 0.29) is 11.5 Å². The molecule has 0 radical (unpaired) electrons. The van der Waals surface area contributed by atoms with Crippen molar-refractivity contribution in [3.05, 3.63) is 12.2 Å². The quantitative estimate of drug-likeness (QED) is 0.389. The molecular weight excluding hydrogens is 376 g/mol. The molecule has 1 nitrogen and oxygen atoms in total. The third kappa shape index (κ3) is 2.65. The second-order valence-corrected chi connectivity index (χ2v) is 14.7. The first-order valence-corrected chi connectivity index (χ1v) is 13.7. The molecule has 5 aliphatic carbocycles. The highest BCUT2D eigenvalue weighted by Gasteiger charge is 2.69. The SMILES string of the molecule is C=C1[C@H](C)CC[C@]2(C)CC[C@]3(C)[C@H](CC[C@@H]4[C@@]5(C)CC[C@H](O)C(C)(C)[C@@H]5CC[C@]43C)[C@H]12. The topological polar surface area (TPSA) is 20.2 Å². The Labute approximate surface area is 192 Å². The molecule has 1 N–H and O–H groups in total. The molecule has 0 aromatic carbocycles. The van der Waals surface area contributed by atoms with Crippen molar-refractivity contribution < 1.29 is 5.11 Å². The minimum absolute atomic E-state index is 0.0598. The third-order valence-corrected chi connectivity index (χ3v) is 13.5. The molecule has 0 aliphatic heterocycles. The summed E-state index contributed by atoms with van der Waals surface area (Å²) >= 11 is 0. The third-order valence-electron chi connectivity index (χ3n) is 13.5. The fourth-order valence-electron chi connectivity index (χ4n) is 11.2. The minimum atomic E-state index is -0.121. The lowest BCUT2D eigenvalue weighted by atomic mass is 9.31. The molecular formula is C30H50O. The summed E-state index contributed by atoms with van der Waals surface area (Å²) < 4.78 is 0. The predicted molar refractivity (Wildman–Crippen MR) is 131 cm³/mol. The van der Waals surface area contributed by atoms with E-state index in [4.69, 9.17) is 6.58 Å². The fraction of sp³-hybridized carbons (Fsp3) is 0.933. The zero-order chi connectivity index (χ0) is 22.6. The number of aliphatic hydroxyl groups excluding tert-OH is 1. The van der Waals surface area contributed by atoms with Gasteiger partial charge in [0.25, 0.3) is 0 Å². The lowest BCUT2D eigenvalue weighted by Crippen LogP contribution is -2.66. The van der Waals surface area contributed by atoms with Crippen molar-refractivity contribution in [2.24, 2.45) is 56.7 Å². The van der Waals surface area contributed by atoms with E-state index in [0.29, 0.717) is 33.5 Å². The molecule has 5 aliphatic rings. The summed E-state index contributed by atoms with van der Waals surface area (Å²) in [7, 11) is 0. The molecule has 5 fully saturated rings. The molecule has 0 unspecified atom stereocenters. The Morgan fingerprint density at radius 2 is 1.45 bits per heavy atom. The van der Waals surface area contributed by atoms with Gasteiger partial charge in [-0.25, -0.2) is 0 Å². The van der Waals surface area contributed by atoms with Gasteiger partial charge in [-0.2, -0.15) is 0 Å². The maximum absolute atomic E-state index is 10.9. The van der Waals surface area contributed by atoms with Crippen molar-refractivity contribution >= 4 is 0 Å². The van der Waals surface area contributed by atoms with Crippen LogP contribution in [0, 0.1) is 56.7 Å². The number of hydrogen-bond acceptors (Lipinski definition) is 1. The van der Waals surface area contributed by atoms with Crippen LogP contribution < -0.4 is 0 Å². The maximum atomic E-state index is 10.9. The molecule has 0 aromatic rings. The highest BCUT2D eigenvalue weighted by Crippen LogP contribution is 2.76.